The van der Waals surface area contributed by atoms with Crippen LogP contribution in [-0.4, -0.2) is 17.5 Å². The van der Waals surface area contributed by atoms with Crippen molar-refractivity contribution in [2.45, 2.75) is 32.5 Å². The predicted molar refractivity (Wildman–Crippen MR) is 79.8 cm³/mol. The molecule has 6 heteroatoms. The number of alkyl halides is 3. The fourth-order valence-corrected chi connectivity index (χ4v) is 2.80. The molecule has 0 aliphatic heterocycles. The Bertz CT molecular complexity index is 409. The molecule has 0 radical (unpaired) electrons. The third-order valence-electron chi connectivity index (χ3n) is 2.59. The predicted octanol–water partition coefficient (Wildman–Crippen LogP) is 5.41. The lowest BCUT2D eigenvalue weighted by Crippen LogP contribution is -2.19. The summed E-state index contributed by atoms with van der Waals surface area (Å²) in [5, 5.41) is 2.95. The molecule has 1 rings (SSSR count). The Labute approximate surface area is 124 Å². The van der Waals surface area contributed by atoms with Gasteiger partial charge in [-0.3, -0.25) is 0 Å². The Balaban J connectivity index is 2.78. The number of benzene rings is 1. The molecule has 1 N–H and O–H groups in total. The van der Waals surface area contributed by atoms with Crippen LogP contribution in [0.2, 0.25) is 0 Å². The summed E-state index contributed by atoms with van der Waals surface area (Å²) in [5.74, 6) is 1.97. The Hall–Kier alpha value is -0.360. The molecule has 1 aromatic carbocycles. The molecule has 0 saturated heterocycles. The van der Waals surface area contributed by atoms with Crippen molar-refractivity contribution in [3.63, 3.8) is 0 Å². The van der Waals surface area contributed by atoms with Crippen molar-refractivity contribution < 1.29 is 13.2 Å². The van der Waals surface area contributed by atoms with Crippen LogP contribution >= 0.6 is 27.7 Å². The average molecular weight is 356 g/mol. The zero-order chi connectivity index (χ0) is 14.5. The molecule has 19 heavy (non-hydrogen) atoms. The highest BCUT2D eigenvalue weighted by atomic mass is 79.9. The summed E-state index contributed by atoms with van der Waals surface area (Å²) >= 11 is 4.99. The molecule has 0 fully saturated rings. The van der Waals surface area contributed by atoms with Gasteiger partial charge in [0.15, 0.2) is 0 Å². The van der Waals surface area contributed by atoms with E-state index in [0.717, 1.165) is 24.0 Å². The van der Waals surface area contributed by atoms with Crippen molar-refractivity contribution in [3.05, 3.63) is 28.2 Å². The number of hydrogen-bond donors (Lipinski definition) is 1. The van der Waals surface area contributed by atoms with Crippen LogP contribution in [0.15, 0.2) is 22.7 Å². The third-order valence-corrected chi connectivity index (χ3v) is 4.01. The molecule has 0 aliphatic rings. The zero-order valence-corrected chi connectivity index (χ0v) is 13.3. The van der Waals surface area contributed by atoms with Gasteiger partial charge in [-0.15, -0.1) is 0 Å². The van der Waals surface area contributed by atoms with Crippen molar-refractivity contribution in [3.8, 4) is 0 Å². The van der Waals surface area contributed by atoms with E-state index >= 15 is 0 Å². The monoisotopic (exact) mass is 355 g/mol. The number of halogens is 4. The van der Waals surface area contributed by atoms with E-state index in [2.05, 4.69) is 28.2 Å². The highest BCUT2D eigenvalue weighted by Crippen LogP contribution is 2.36. The summed E-state index contributed by atoms with van der Waals surface area (Å²) in [7, 11) is 0. The number of anilines is 1. The number of rotatable bonds is 6. The summed E-state index contributed by atoms with van der Waals surface area (Å²) in [6.07, 6.45) is -3.50. The van der Waals surface area contributed by atoms with E-state index in [1.807, 2.05) is 6.92 Å². The summed E-state index contributed by atoms with van der Waals surface area (Å²) < 4.78 is 39.3. The van der Waals surface area contributed by atoms with Crippen LogP contribution in [0.3, 0.4) is 0 Å². The quantitative estimate of drug-likeness (QED) is 0.684. The maximum atomic E-state index is 12.9. The lowest BCUT2D eigenvalue weighted by atomic mass is 10.1. The largest absolute Gasteiger partial charge is 0.418 e. The minimum absolute atomic E-state index is 0.00875. The first-order valence-corrected chi connectivity index (χ1v) is 8.00. The van der Waals surface area contributed by atoms with Crippen molar-refractivity contribution in [1.82, 2.24) is 0 Å². The second-order valence-electron chi connectivity index (χ2n) is 4.22. The van der Waals surface area contributed by atoms with E-state index in [9.17, 15) is 13.2 Å². The minimum atomic E-state index is -4.33. The molecule has 1 aromatic rings. The molecule has 108 valence electrons. The lowest BCUT2D eigenvalue weighted by molar-refractivity contribution is -0.137. The first kappa shape index (κ1) is 16.7. The van der Waals surface area contributed by atoms with Gasteiger partial charge in [0.1, 0.15) is 0 Å². The van der Waals surface area contributed by atoms with Crippen LogP contribution in [0, 0.1) is 0 Å². The van der Waals surface area contributed by atoms with E-state index in [0.29, 0.717) is 4.47 Å². The molecule has 0 heterocycles. The van der Waals surface area contributed by atoms with Gasteiger partial charge in [0.2, 0.25) is 0 Å². The van der Waals surface area contributed by atoms with E-state index in [-0.39, 0.29) is 11.7 Å². The summed E-state index contributed by atoms with van der Waals surface area (Å²) in [5.41, 5.74) is -0.485. The molecule has 0 saturated carbocycles. The number of hydrogen-bond acceptors (Lipinski definition) is 2. The fourth-order valence-electron chi connectivity index (χ4n) is 1.63. The number of nitrogens with one attached hydrogen (secondary N) is 1. The van der Waals surface area contributed by atoms with Gasteiger partial charge in [0.25, 0.3) is 0 Å². The third kappa shape index (κ3) is 5.65. The van der Waals surface area contributed by atoms with Crippen molar-refractivity contribution in [1.29, 1.82) is 0 Å². The average Bonchev–Trinajstić information content (AvgIpc) is 2.27. The van der Waals surface area contributed by atoms with Gasteiger partial charge in [-0.1, -0.05) is 22.9 Å². The summed E-state index contributed by atoms with van der Waals surface area (Å²) in [6, 6.07) is 3.99. The van der Waals surface area contributed by atoms with E-state index in [1.165, 1.54) is 12.1 Å². The van der Waals surface area contributed by atoms with Crippen LogP contribution in [-0.2, 0) is 6.18 Å². The van der Waals surface area contributed by atoms with Gasteiger partial charge < -0.3 is 5.32 Å². The Kier molecular flexibility index (Phi) is 6.53. The van der Waals surface area contributed by atoms with Gasteiger partial charge in [-0.2, -0.15) is 24.9 Å². The molecule has 0 bridgehead atoms. The van der Waals surface area contributed by atoms with Crippen molar-refractivity contribution in [2.75, 3.05) is 16.8 Å². The van der Waals surface area contributed by atoms with Crippen LogP contribution in [0.5, 0.6) is 0 Å². The van der Waals surface area contributed by atoms with Crippen LogP contribution in [0.1, 0.15) is 25.8 Å². The van der Waals surface area contributed by atoms with Gasteiger partial charge >= 0.3 is 6.18 Å². The van der Waals surface area contributed by atoms with Crippen LogP contribution in [0.25, 0.3) is 0 Å². The first-order valence-electron chi connectivity index (χ1n) is 6.05. The molecule has 0 aliphatic carbocycles. The standard InChI is InChI=1S/C13H17BrF3NS/c1-3-19-7-6-9(2)18-12-8-10(14)4-5-11(12)13(15,16)17/h4-5,8-9,18H,3,6-7H2,1-2H3. The minimum Gasteiger partial charge on any atom is -0.382 e. The summed E-state index contributed by atoms with van der Waals surface area (Å²) in [6.45, 7) is 3.97. The Morgan fingerprint density at radius 2 is 2.05 bits per heavy atom. The molecule has 0 aromatic heterocycles. The van der Waals surface area contributed by atoms with E-state index in [1.54, 1.807) is 11.8 Å². The second-order valence-corrected chi connectivity index (χ2v) is 6.53. The maximum absolute atomic E-state index is 12.9. The van der Waals surface area contributed by atoms with E-state index in [4.69, 9.17) is 0 Å². The lowest BCUT2D eigenvalue weighted by Gasteiger charge is -2.19. The van der Waals surface area contributed by atoms with Gasteiger partial charge in [0, 0.05) is 16.2 Å². The highest BCUT2D eigenvalue weighted by Gasteiger charge is 2.33. The molecular formula is C13H17BrF3NS. The molecule has 1 nitrogen and oxygen atoms in total. The zero-order valence-electron chi connectivity index (χ0n) is 10.9. The van der Waals surface area contributed by atoms with Gasteiger partial charge in [-0.25, -0.2) is 0 Å². The second kappa shape index (κ2) is 7.43. The maximum Gasteiger partial charge on any atom is 0.418 e. The van der Waals surface area contributed by atoms with E-state index < -0.39 is 11.7 Å². The van der Waals surface area contributed by atoms with Crippen LogP contribution < -0.4 is 5.32 Å². The molecule has 0 amide bonds. The van der Waals surface area contributed by atoms with Crippen molar-refractivity contribution in [2.24, 2.45) is 0 Å². The normalized spacial score (nSPS) is 13.4. The number of thioether (sulfide) groups is 1. The molecule has 0 spiro atoms. The molecule has 1 unspecified atom stereocenters. The fraction of sp³-hybridized carbons (Fsp3) is 0.538. The van der Waals surface area contributed by atoms with Crippen molar-refractivity contribution >= 4 is 33.4 Å². The smallest absolute Gasteiger partial charge is 0.382 e. The first-order chi connectivity index (χ1) is 8.84. The topological polar surface area (TPSA) is 12.0 Å². The Morgan fingerprint density at radius 1 is 1.37 bits per heavy atom. The molecule has 1 atom stereocenters. The molecular weight excluding hydrogens is 339 g/mol. The summed E-state index contributed by atoms with van der Waals surface area (Å²) in [4.78, 5) is 0. The van der Waals surface area contributed by atoms with Crippen LogP contribution in [0.4, 0.5) is 18.9 Å². The van der Waals surface area contributed by atoms with Gasteiger partial charge in [-0.05, 0) is 43.0 Å². The Morgan fingerprint density at radius 3 is 2.63 bits per heavy atom. The highest BCUT2D eigenvalue weighted by molar-refractivity contribution is 9.10. The van der Waals surface area contributed by atoms with Gasteiger partial charge in [0.05, 0.1) is 5.56 Å². The SMILES string of the molecule is CCSCCC(C)Nc1cc(Br)ccc1C(F)(F)F.